The molecule has 0 spiro atoms. The summed E-state index contributed by atoms with van der Waals surface area (Å²) in [6.45, 7) is 39.1. The molecular formula is C67H75BN2OS. The largest absolute Gasteiger partial charge is 0.456 e. The zero-order valence-corrected chi connectivity index (χ0v) is 47.0. The lowest BCUT2D eigenvalue weighted by atomic mass is 9.35. The van der Waals surface area contributed by atoms with Crippen molar-refractivity contribution in [3.05, 3.63) is 136 Å². The minimum atomic E-state index is 0.0174. The van der Waals surface area contributed by atoms with Crippen molar-refractivity contribution in [3.63, 3.8) is 0 Å². The highest BCUT2D eigenvalue weighted by Gasteiger charge is 2.49. The molecule has 2 aromatic heterocycles. The molecule has 0 fully saturated rings. The monoisotopic (exact) mass is 967 g/mol. The third kappa shape index (κ3) is 6.53. The van der Waals surface area contributed by atoms with Crippen LogP contribution >= 0.6 is 11.3 Å². The summed E-state index contributed by atoms with van der Waals surface area (Å²) in [5, 5.41) is 3.75. The van der Waals surface area contributed by atoms with Gasteiger partial charge in [-0.15, -0.1) is 11.3 Å². The quantitative estimate of drug-likeness (QED) is 0.161. The number of aryl methyl sites for hydroxylation is 1. The van der Waals surface area contributed by atoms with Crippen LogP contribution in [0.1, 0.15) is 187 Å². The lowest BCUT2D eigenvalue weighted by Crippen LogP contribution is -2.61. The molecule has 0 saturated heterocycles. The van der Waals surface area contributed by atoms with Crippen molar-refractivity contribution in [3.8, 4) is 0 Å². The van der Waals surface area contributed by atoms with Crippen LogP contribution in [0.15, 0.2) is 95.4 Å². The summed E-state index contributed by atoms with van der Waals surface area (Å²) < 4.78 is 9.53. The molecule has 0 radical (unpaired) electrons. The molecule has 368 valence electrons. The predicted molar refractivity (Wildman–Crippen MR) is 312 cm³/mol. The van der Waals surface area contributed by atoms with E-state index in [1.54, 1.807) is 0 Å². The summed E-state index contributed by atoms with van der Waals surface area (Å²) in [5.41, 5.74) is 24.6. The second-order valence-corrected chi connectivity index (χ2v) is 29.3. The molecule has 8 aromatic rings. The fraction of sp³-hybridized carbons (Fsp3) is 0.433. The van der Waals surface area contributed by atoms with Gasteiger partial charge in [0.15, 0.2) is 0 Å². The van der Waals surface area contributed by atoms with E-state index in [1.165, 1.54) is 154 Å². The number of furan rings is 1. The number of rotatable bonds is 2. The van der Waals surface area contributed by atoms with Gasteiger partial charge < -0.3 is 14.2 Å². The van der Waals surface area contributed by atoms with E-state index in [4.69, 9.17) is 4.42 Å². The van der Waals surface area contributed by atoms with E-state index in [2.05, 4.69) is 223 Å². The second kappa shape index (κ2) is 14.5. The van der Waals surface area contributed by atoms with Crippen molar-refractivity contribution in [1.82, 2.24) is 0 Å². The van der Waals surface area contributed by atoms with Gasteiger partial charge >= 0.3 is 0 Å². The molecule has 0 bridgehead atoms. The third-order valence-electron chi connectivity index (χ3n) is 19.4. The predicted octanol–water partition coefficient (Wildman–Crippen LogP) is 17.5. The molecule has 5 heteroatoms. The van der Waals surface area contributed by atoms with Crippen molar-refractivity contribution in [2.45, 2.75) is 187 Å². The highest BCUT2D eigenvalue weighted by atomic mass is 32.1. The van der Waals surface area contributed by atoms with E-state index in [1.807, 2.05) is 0 Å². The maximum Gasteiger partial charge on any atom is 0.264 e. The molecule has 6 aromatic carbocycles. The van der Waals surface area contributed by atoms with Gasteiger partial charge in [-0.25, -0.2) is 0 Å². The van der Waals surface area contributed by atoms with Crippen LogP contribution in [0, 0.1) is 6.92 Å². The molecule has 0 atom stereocenters. The third-order valence-corrected chi connectivity index (χ3v) is 20.6. The number of hydrogen-bond donors (Lipinski definition) is 0. The van der Waals surface area contributed by atoms with Gasteiger partial charge in [0.05, 0.1) is 5.69 Å². The van der Waals surface area contributed by atoms with Crippen LogP contribution in [0.2, 0.25) is 0 Å². The Morgan fingerprint density at radius 3 is 1.57 bits per heavy atom. The van der Waals surface area contributed by atoms with Crippen LogP contribution in [0.5, 0.6) is 0 Å². The van der Waals surface area contributed by atoms with E-state index < -0.39 is 0 Å². The molecule has 5 aliphatic rings. The van der Waals surface area contributed by atoms with Gasteiger partial charge in [0, 0.05) is 54.1 Å². The van der Waals surface area contributed by atoms with Gasteiger partial charge in [-0.05, 0) is 212 Å². The molecule has 0 N–H and O–H groups in total. The Morgan fingerprint density at radius 1 is 0.472 bits per heavy atom. The minimum Gasteiger partial charge on any atom is -0.456 e. The number of benzene rings is 6. The zero-order chi connectivity index (χ0) is 50.8. The van der Waals surface area contributed by atoms with Crippen molar-refractivity contribution in [2.75, 3.05) is 9.80 Å². The highest BCUT2D eigenvalue weighted by Crippen LogP contribution is 2.56. The van der Waals surface area contributed by atoms with Crippen LogP contribution in [0.25, 0.3) is 32.0 Å². The lowest BCUT2D eigenvalue weighted by molar-refractivity contribution is 0.332. The molecule has 72 heavy (non-hydrogen) atoms. The fourth-order valence-corrected chi connectivity index (χ4v) is 15.7. The van der Waals surface area contributed by atoms with E-state index in [0.29, 0.717) is 0 Å². The van der Waals surface area contributed by atoms with Gasteiger partial charge in [-0.3, -0.25) is 0 Å². The average Bonchev–Trinajstić information content (AvgIpc) is 3.87. The summed E-state index contributed by atoms with van der Waals surface area (Å²) in [4.78, 5) is 5.41. The first-order valence-electron chi connectivity index (χ1n) is 27.3. The van der Waals surface area contributed by atoms with Crippen molar-refractivity contribution >= 4 is 99.9 Å². The first kappa shape index (κ1) is 46.5. The Morgan fingerprint density at radius 2 is 0.958 bits per heavy atom. The number of hydrogen-bond acceptors (Lipinski definition) is 4. The molecular weight excluding hydrogens is 892 g/mol. The summed E-state index contributed by atoms with van der Waals surface area (Å²) in [6.07, 6.45) is 7.11. The molecule has 0 amide bonds. The maximum atomic E-state index is 6.64. The standard InChI is InChI=1S/C67H75BN2OS/c1-38-29-53-58-54(30-38)70(41-18-20-45-46(33-41)63(7,8)24-23-62(45,5)6)59-44-34-47-50(67(15,16)28-25-64(47,9)10)37-57(44)72-60(59)68(58)51-35-48-49(66(13,14)27-26-65(48,11)12)36-52(51)69(53)40-19-22-56-43(32-40)42-31-39(61(2,3)4)17-21-55(42)71-56/h17-22,29-37H,23-28H2,1-16H3. The summed E-state index contributed by atoms with van der Waals surface area (Å²) >= 11 is 2.08. The topological polar surface area (TPSA) is 19.6 Å². The van der Waals surface area contributed by atoms with Gasteiger partial charge in [-0.1, -0.05) is 122 Å². The molecule has 2 aliphatic heterocycles. The molecule has 0 unspecified atom stereocenters. The number of fused-ring (bicyclic) bond motifs is 12. The van der Waals surface area contributed by atoms with Crippen LogP contribution in [-0.2, 0) is 37.9 Å². The second-order valence-electron chi connectivity index (χ2n) is 28.3. The van der Waals surface area contributed by atoms with Gasteiger partial charge in [0.25, 0.3) is 6.71 Å². The Kier molecular flexibility index (Phi) is 9.39. The van der Waals surface area contributed by atoms with Crippen LogP contribution in [0.3, 0.4) is 0 Å². The lowest BCUT2D eigenvalue weighted by Gasteiger charge is -2.47. The Bertz CT molecular complexity index is 3670. The fourth-order valence-electron chi connectivity index (χ4n) is 14.4. The molecule has 13 rings (SSSR count). The minimum absolute atomic E-state index is 0.0174. The number of nitrogens with zero attached hydrogens (tertiary/aromatic N) is 2. The smallest absolute Gasteiger partial charge is 0.264 e. The SMILES string of the molecule is Cc1cc2c3c(c1)N(c1ccc4c(c1)C(C)(C)CCC4(C)C)c1c(sc4cc5c(cc14)C(C)(C)CCC5(C)C)B3c1cc3c(cc1N2c1ccc2oc4ccc(C(C)(C)C)cc4c2c1)C(C)(C)CCC3(C)C. The maximum absolute atomic E-state index is 6.64. The zero-order valence-electron chi connectivity index (χ0n) is 46.2. The van der Waals surface area contributed by atoms with Crippen LogP contribution in [0.4, 0.5) is 34.1 Å². The summed E-state index contributed by atoms with van der Waals surface area (Å²) in [7, 11) is 0. The van der Waals surface area contributed by atoms with Crippen molar-refractivity contribution in [2.24, 2.45) is 0 Å². The van der Waals surface area contributed by atoms with Crippen molar-refractivity contribution in [1.29, 1.82) is 0 Å². The van der Waals surface area contributed by atoms with Crippen molar-refractivity contribution < 1.29 is 4.42 Å². The first-order valence-corrected chi connectivity index (χ1v) is 28.1. The normalized spacial score (nSPS) is 20.5. The van der Waals surface area contributed by atoms with E-state index >= 15 is 0 Å². The number of anilines is 6. The van der Waals surface area contributed by atoms with Crippen LogP contribution in [-0.4, -0.2) is 6.71 Å². The van der Waals surface area contributed by atoms with E-state index in [9.17, 15) is 0 Å². The summed E-state index contributed by atoms with van der Waals surface area (Å²) in [6, 6.07) is 37.1. The van der Waals surface area contributed by atoms with Gasteiger partial charge in [0.1, 0.15) is 11.2 Å². The molecule has 4 heterocycles. The van der Waals surface area contributed by atoms with Crippen LogP contribution < -0.4 is 25.5 Å². The van der Waals surface area contributed by atoms with Gasteiger partial charge in [0.2, 0.25) is 0 Å². The Hall–Kier alpha value is -5.26. The average molecular weight is 967 g/mol. The highest BCUT2D eigenvalue weighted by molar-refractivity contribution is 7.33. The molecule has 3 nitrogen and oxygen atoms in total. The summed E-state index contributed by atoms with van der Waals surface area (Å²) in [5.74, 6) is 0. The Balaban J connectivity index is 1.15. The Labute approximate surface area is 434 Å². The molecule has 3 aliphatic carbocycles. The van der Waals surface area contributed by atoms with E-state index in [-0.39, 0.29) is 44.6 Å². The first-order chi connectivity index (χ1) is 33.7. The van der Waals surface area contributed by atoms with Gasteiger partial charge in [-0.2, -0.15) is 0 Å². The number of thiophene rings is 1. The molecule has 0 saturated carbocycles. The van der Waals surface area contributed by atoms with E-state index in [0.717, 1.165) is 11.2 Å².